The van der Waals surface area contributed by atoms with Crippen molar-refractivity contribution in [1.29, 1.82) is 0 Å². The third-order valence-corrected chi connectivity index (χ3v) is 4.68. The van der Waals surface area contributed by atoms with Gasteiger partial charge in [0, 0.05) is 24.2 Å². The molecule has 2 aromatic rings. The van der Waals surface area contributed by atoms with E-state index in [2.05, 4.69) is 10.2 Å². The van der Waals surface area contributed by atoms with Crippen LogP contribution in [0, 0.1) is 0 Å². The first kappa shape index (κ1) is 16.2. The highest BCUT2D eigenvalue weighted by Crippen LogP contribution is 2.31. The lowest BCUT2D eigenvalue weighted by molar-refractivity contribution is -0.113. The number of hydrogen-bond acceptors (Lipinski definition) is 4. The molecule has 0 radical (unpaired) electrons. The van der Waals surface area contributed by atoms with E-state index in [1.54, 1.807) is 9.80 Å². The van der Waals surface area contributed by atoms with Crippen LogP contribution in [0.1, 0.15) is 25.0 Å². The number of anilines is 2. The van der Waals surface area contributed by atoms with Gasteiger partial charge in [-0.05, 0) is 26.0 Å². The Hall–Kier alpha value is -3.28. The van der Waals surface area contributed by atoms with Gasteiger partial charge in [-0.2, -0.15) is 0 Å². The molecule has 2 heterocycles. The Balaban J connectivity index is 1.81. The van der Waals surface area contributed by atoms with Gasteiger partial charge in [0.2, 0.25) is 0 Å². The van der Waals surface area contributed by atoms with Gasteiger partial charge in [-0.15, -0.1) is 10.2 Å². The van der Waals surface area contributed by atoms with Gasteiger partial charge in [-0.25, -0.2) is 0 Å². The number of likely N-dealkylation sites (N-methyl/N-ethyl adjacent to an activating group) is 2. The molecule has 6 heteroatoms. The summed E-state index contributed by atoms with van der Waals surface area (Å²) in [5.41, 5.74) is 3.69. The molecule has 0 spiro atoms. The Morgan fingerprint density at radius 2 is 1.08 bits per heavy atom. The van der Waals surface area contributed by atoms with Crippen molar-refractivity contribution in [1.82, 2.24) is 0 Å². The smallest absolute Gasteiger partial charge is 0.279 e. The summed E-state index contributed by atoms with van der Waals surface area (Å²) in [4.78, 5) is 28.7. The molecule has 130 valence electrons. The summed E-state index contributed by atoms with van der Waals surface area (Å²) in [6, 6.07) is 15.0. The highest BCUT2D eigenvalue weighted by Gasteiger charge is 2.35. The van der Waals surface area contributed by atoms with Crippen LogP contribution < -0.4 is 9.80 Å². The van der Waals surface area contributed by atoms with Crippen molar-refractivity contribution in [3.05, 3.63) is 59.7 Å². The van der Waals surface area contributed by atoms with Gasteiger partial charge in [0.15, 0.2) is 11.4 Å². The van der Waals surface area contributed by atoms with Crippen LogP contribution in [-0.4, -0.2) is 36.3 Å². The van der Waals surface area contributed by atoms with E-state index in [4.69, 9.17) is 0 Å². The largest absolute Gasteiger partial charge is 0.307 e. The van der Waals surface area contributed by atoms with Gasteiger partial charge in [0.1, 0.15) is 0 Å². The van der Waals surface area contributed by atoms with E-state index in [0.717, 1.165) is 22.5 Å². The van der Waals surface area contributed by atoms with Gasteiger partial charge >= 0.3 is 0 Å². The van der Waals surface area contributed by atoms with Crippen molar-refractivity contribution in [3.8, 4) is 0 Å². The number of para-hydroxylation sites is 2. The second-order valence-corrected chi connectivity index (χ2v) is 6.03. The summed E-state index contributed by atoms with van der Waals surface area (Å²) in [6.45, 7) is 4.94. The molecule has 0 aliphatic carbocycles. The molecule has 0 N–H and O–H groups in total. The first-order valence-electron chi connectivity index (χ1n) is 8.65. The van der Waals surface area contributed by atoms with Crippen LogP contribution >= 0.6 is 0 Å². The van der Waals surface area contributed by atoms with Crippen LogP contribution in [-0.2, 0) is 9.59 Å². The Morgan fingerprint density at radius 3 is 1.46 bits per heavy atom. The van der Waals surface area contributed by atoms with E-state index in [-0.39, 0.29) is 23.2 Å². The lowest BCUT2D eigenvalue weighted by Crippen LogP contribution is -2.30. The van der Waals surface area contributed by atoms with E-state index in [0.29, 0.717) is 13.1 Å². The number of nitrogens with zero attached hydrogens (tertiary/aromatic N) is 4. The number of carbonyl (C=O) groups is 2. The Morgan fingerprint density at radius 1 is 0.692 bits per heavy atom. The highest BCUT2D eigenvalue weighted by atomic mass is 16.2. The third kappa shape index (κ3) is 2.26. The Kier molecular flexibility index (Phi) is 3.88. The maximum Gasteiger partial charge on any atom is 0.279 e. The number of fused-ring (bicyclic) bond motifs is 2. The van der Waals surface area contributed by atoms with E-state index in [1.165, 1.54) is 0 Å². The number of benzene rings is 2. The van der Waals surface area contributed by atoms with Crippen molar-refractivity contribution in [2.24, 2.45) is 10.2 Å². The molecule has 4 rings (SSSR count). The van der Waals surface area contributed by atoms with Gasteiger partial charge in [-0.1, -0.05) is 36.4 Å². The highest BCUT2D eigenvalue weighted by molar-refractivity contribution is 6.56. The fourth-order valence-electron chi connectivity index (χ4n) is 3.44. The lowest BCUT2D eigenvalue weighted by Gasteiger charge is -2.12. The Bertz CT molecular complexity index is 898. The van der Waals surface area contributed by atoms with Gasteiger partial charge in [0.05, 0.1) is 11.4 Å². The predicted octanol–water partition coefficient (Wildman–Crippen LogP) is 2.61. The number of carbonyl (C=O) groups excluding carboxylic acids is 2. The van der Waals surface area contributed by atoms with Crippen LogP contribution in [0.4, 0.5) is 11.4 Å². The number of rotatable bonds is 3. The molecule has 2 aliphatic rings. The molecule has 6 nitrogen and oxygen atoms in total. The van der Waals surface area contributed by atoms with Crippen molar-refractivity contribution >= 4 is 34.6 Å². The van der Waals surface area contributed by atoms with Crippen LogP contribution in [0.5, 0.6) is 0 Å². The molecular weight excluding hydrogens is 328 g/mol. The minimum Gasteiger partial charge on any atom is -0.307 e. The number of hydrogen-bond donors (Lipinski definition) is 0. The molecule has 2 amide bonds. The summed E-state index contributed by atoms with van der Waals surface area (Å²) in [5.74, 6) is -0.381. The van der Waals surface area contributed by atoms with Gasteiger partial charge in [0.25, 0.3) is 11.8 Å². The predicted molar refractivity (Wildman–Crippen MR) is 102 cm³/mol. The van der Waals surface area contributed by atoms with E-state index >= 15 is 0 Å². The van der Waals surface area contributed by atoms with Crippen LogP contribution in [0.15, 0.2) is 58.7 Å². The molecule has 2 aliphatic heterocycles. The Labute approximate surface area is 151 Å². The fraction of sp³-hybridized carbons (Fsp3) is 0.200. The minimum absolute atomic E-state index is 0.191. The average Bonchev–Trinajstić information content (AvgIpc) is 3.10. The fourth-order valence-corrected chi connectivity index (χ4v) is 3.44. The molecular formula is C20H18N4O2. The molecule has 0 saturated heterocycles. The number of amides is 2. The van der Waals surface area contributed by atoms with Crippen molar-refractivity contribution in [2.45, 2.75) is 13.8 Å². The zero-order chi connectivity index (χ0) is 18.3. The second-order valence-electron chi connectivity index (χ2n) is 6.03. The SMILES string of the molecule is CCN1C(=O)C(=NN=C2C(=O)N(CC)c3ccccc32)c2ccccc21. The molecule has 0 fully saturated rings. The van der Waals surface area contributed by atoms with E-state index in [9.17, 15) is 9.59 Å². The maximum atomic E-state index is 12.7. The summed E-state index contributed by atoms with van der Waals surface area (Å²) >= 11 is 0. The van der Waals surface area contributed by atoms with Crippen LogP contribution in [0.25, 0.3) is 0 Å². The van der Waals surface area contributed by atoms with E-state index in [1.807, 2.05) is 62.4 Å². The van der Waals surface area contributed by atoms with Crippen molar-refractivity contribution in [3.63, 3.8) is 0 Å². The zero-order valence-electron chi connectivity index (χ0n) is 14.6. The van der Waals surface area contributed by atoms with Gasteiger partial charge < -0.3 is 9.80 Å². The molecule has 0 saturated carbocycles. The molecule has 0 unspecified atom stereocenters. The van der Waals surface area contributed by atoms with Crippen LogP contribution in [0.2, 0.25) is 0 Å². The van der Waals surface area contributed by atoms with Crippen molar-refractivity contribution < 1.29 is 9.59 Å². The van der Waals surface area contributed by atoms with Crippen LogP contribution in [0.3, 0.4) is 0 Å². The standard InChI is InChI=1S/C20H18N4O2/c1-3-23-15-11-7-5-9-13(15)17(19(23)25)21-22-18-14-10-6-8-12-16(14)24(4-2)20(18)26/h5-12H,3-4H2,1-2H3. The molecule has 0 atom stereocenters. The summed E-state index contributed by atoms with van der Waals surface area (Å²) in [5, 5.41) is 8.42. The zero-order valence-corrected chi connectivity index (χ0v) is 14.6. The quantitative estimate of drug-likeness (QED) is 0.802. The molecule has 26 heavy (non-hydrogen) atoms. The minimum atomic E-state index is -0.191. The second kappa shape index (κ2) is 6.22. The summed E-state index contributed by atoms with van der Waals surface area (Å²) in [6.07, 6.45) is 0. The monoisotopic (exact) mass is 346 g/mol. The lowest BCUT2D eigenvalue weighted by atomic mass is 10.1. The maximum absolute atomic E-state index is 12.7. The van der Waals surface area contributed by atoms with Gasteiger partial charge in [-0.3, -0.25) is 9.59 Å². The third-order valence-electron chi connectivity index (χ3n) is 4.68. The summed E-state index contributed by atoms with van der Waals surface area (Å²) in [7, 11) is 0. The summed E-state index contributed by atoms with van der Waals surface area (Å²) < 4.78 is 0. The topological polar surface area (TPSA) is 65.3 Å². The average molecular weight is 346 g/mol. The first-order valence-corrected chi connectivity index (χ1v) is 8.65. The van der Waals surface area contributed by atoms with E-state index < -0.39 is 0 Å². The normalized spacial score (nSPS) is 18.8. The van der Waals surface area contributed by atoms with Crippen molar-refractivity contribution in [2.75, 3.05) is 22.9 Å². The molecule has 0 aromatic heterocycles. The molecule has 0 bridgehead atoms. The molecule has 2 aromatic carbocycles. The first-order chi connectivity index (χ1) is 12.7.